The van der Waals surface area contributed by atoms with Crippen molar-refractivity contribution in [2.75, 3.05) is 6.61 Å². The van der Waals surface area contributed by atoms with Crippen molar-refractivity contribution in [3.63, 3.8) is 0 Å². The van der Waals surface area contributed by atoms with Gasteiger partial charge in [0.2, 0.25) is 6.04 Å². The summed E-state index contributed by atoms with van der Waals surface area (Å²) in [7, 11) is 0. The summed E-state index contributed by atoms with van der Waals surface area (Å²) in [5, 5.41) is 0.684. The van der Waals surface area contributed by atoms with Crippen molar-refractivity contribution in [3.05, 3.63) is 39.7 Å². The topological polar surface area (TPSA) is 13.6 Å². The lowest BCUT2D eigenvalue weighted by Gasteiger charge is -2.11. The Morgan fingerprint density at radius 2 is 2.20 bits per heavy atom. The zero-order chi connectivity index (χ0) is 11.4. The van der Waals surface area contributed by atoms with E-state index in [0.717, 1.165) is 16.9 Å². The van der Waals surface area contributed by atoms with E-state index in [-0.39, 0.29) is 6.04 Å². The van der Waals surface area contributed by atoms with Crippen LogP contribution in [0.1, 0.15) is 31.0 Å². The first-order chi connectivity index (χ1) is 7.10. The summed E-state index contributed by atoms with van der Waals surface area (Å²) >= 11 is 6.03. The van der Waals surface area contributed by atoms with Crippen LogP contribution in [0, 0.1) is 13.5 Å². The molecule has 0 aliphatic carbocycles. The van der Waals surface area contributed by atoms with E-state index in [1.165, 1.54) is 0 Å². The summed E-state index contributed by atoms with van der Waals surface area (Å²) in [6.45, 7) is 13.3. The molecule has 1 unspecified atom stereocenters. The quantitative estimate of drug-likeness (QED) is 0.706. The van der Waals surface area contributed by atoms with Gasteiger partial charge in [-0.3, -0.25) is 0 Å². The van der Waals surface area contributed by atoms with Gasteiger partial charge in [0.15, 0.2) is 0 Å². The van der Waals surface area contributed by atoms with Gasteiger partial charge in [-0.05, 0) is 31.5 Å². The Hall–Kier alpha value is -1.20. The monoisotopic (exact) mass is 223 g/mol. The van der Waals surface area contributed by atoms with E-state index in [0.29, 0.717) is 11.6 Å². The first-order valence-corrected chi connectivity index (χ1v) is 5.27. The van der Waals surface area contributed by atoms with Crippen molar-refractivity contribution >= 4 is 11.6 Å². The first-order valence-electron chi connectivity index (χ1n) is 4.89. The summed E-state index contributed by atoms with van der Waals surface area (Å²) in [5.74, 6) is 0.767. The van der Waals surface area contributed by atoms with Crippen molar-refractivity contribution in [1.82, 2.24) is 0 Å². The zero-order valence-corrected chi connectivity index (χ0v) is 9.93. The van der Waals surface area contributed by atoms with Gasteiger partial charge in [-0.2, -0.15) is 0 Å². The molecule has 0 heterocycles. The van der Waals surface area contributed by atoms with Gasteiger partial charge in [0, 0.05) is 11.9 Å². The molecule has 0 fully saturated rings. The molecule has 0 saturated carbocycles. The largest absolute Gasteiger partial charge is 0.493 e. The molecule has 15 heavy (non-hydrogen) atoms. The lowest BCUT2D eigenvalue weighted by Crippen LogP contribution is -1.99. The number of rotatable bonds is 3. The van der Waals surface area contributed by atoms with Crippen LogP contribution in [-0.4, -0.2) is 6.61 Å². The third-order valence-corrected chi connectivity index (χ3v) is 2.64. The molecule has 1 rings (SSSR count). The van der Waals surface area contributed by atoms with Crippen molar-refractivity contribution in [3.8, 4) is 5.75 Å². The van der Waals surface area contributed by atoms with Gasteiger partial charge in [-0.1, -0.05) is 11.6 Å². The van der Waals surface area contributed by atoms with E-state index in [2.05, 4.69) is 4.85 Å². The van der Waals surface area contributed by atoms with E-state index >= 15 is 0 Å². The lowest BCUT2D eigenvalue weighted by molar-refractivity contribution is 0.335. The summed E-state index contributed by atoms with van der Waals surface area (Å²) < 4.78 is 5.49. The van der Waals surface area contributed by atoms with Crippen LogP contribution < -0.4 is 4.74 Å². The molecule has 1 aromatic carbocycles. The number of benzene rings is 1. The normalized spacial score (nSPS) is 11.9. The molecule has 0 bridgehead atoms. The zero-order valence-electron chi connectivity index (χ0n) is 9.17. The number of hydrogen-bond acceptors (Lipinski definition) is 1. The average Bonchev–Trinajstić information content (AvgIpc) is 2.22. The molecule has 0 radical (unpaired) electrons. The number of aryl methyl sites for hydroxylation is 1. The van der Waals surface area contributed by atoms with Crippen LogP contribution in [0.2, 0.25) is 5.02 Å². The van der Waals surface area contributed by atoms with Gasteiger partial charge in [0.1, 0.15) is 5.75 Å². The fraction of sp³-hybridized carbons (Fsp3) is 0.417. The second-order valence-corrected chi connectivity index (χ2v) is 3.78. The molecule has 0 spiro atoms. The van der Waals surface area contributed by atoms with Crippen LogP contribution in [0.15, 0.2) is 12.1 Å². The Balaban J connectivity index is 3.23. The van der Waals surface area contributed by atoms with Crippen molar-refractivity contribution < 1.29 is 4.74 Å². The molecule has 0 saturated heterocycles. The maximum Gasteiger partial charge on any atom is 0.249 e. The predicted octanol–water partition coefficient (Wildman–Crippen LogP) is 4.03. The van der Waals surface area contributed by atoms with E-state index in [1.54, 1.807) is 0 Å². The molecule has 0 aliphatic heterocycles. The minimum absolute atomic E-state index is 0.218. The Morgan fingerprint density at radius 1 is 1.53 bits per heavy atom. The van der Waals surface area contributed by atoms with Crippen LogP contribution in [0.5, 0.6) is 5.75 Å². The molecule has 1 aromatic rings. The first kappa shape index (κ1) is 11.9. The van der Waals surface area contributed by atoms with Gasteiger partial charge in [0.25, 0.3) is 0 Å². The molecule has 0 aromatic heterocycles. The van der Waals surface area contributed by atoms with E-state index in [9.17, 15) is 0 Å². The Kier molecular flexibility index (Phi) is 3.99. The second-order valence-electron chi connectivity index (χ2n) is 3.38. The summed E-state index contributed by atoms with van der Waals surface area (Å²) in [4.78, 5) is 3.48. The smallest absolute Gasteiger partial charge is 0.249 e. The van der Waals surface area contributed by atoms with Gasteiger partial charge in [-0.15, -0.1) is 0 Å². The highest BCUT2D eigenvalue weighted by atomic mass is 35.5. The summed E-state index contributed by atoms with van der Waals surface area (Å²) in [6, 6.07) is 3.50. The fourth-order valence-corrected chi connectivity index (χ4v) is 1.52. The third-order valence-electron chi connectivity index (χ3n) is 2.23. The Morgan fingerprint density at radius 3 is 2.73 bits per heavy atom. The van der Waals surface area contributed by atoms with Gasteiger partial charge < -0.3 is 9.58 Å². The SMILES string of the molecule is [C-]#[N+]C(C)c1cc(Cl)c(C)cc1OCC. The van der Waals surface area contributed by atoms with Gasteiger partial charge in [-0.25, -0.2) is 6.57 Å². The van der Waals surface area contributed by atoms with Gasteiger partial charge in [0.05, 0.1) is 12.2 Å². The third kappa shape index (κ3) is 2.64. The molecular weight excluding hydrogens is 210 g/mol. The van der Waals surface area contributed by atoms with Crippen molar-refractivity contribution in [1.29, 1.82) is 0 Å². The van der Waals surface area contributed by atoms with E-state index in [4.69, 9.17) is 22.9 Å². The number of nitrogens with zero attached hydrogens (tertiary/aromatic N) is 1. The predicted molar refractivity (Wildman–Crippen MR) is 62.4 cm³/mol. The maximum atomic E-state index is 7.03. The van der Waals surface area contributed by atoms with E-state index in [1.807, 2.05) is 32.9 Å². The standard InChI is InChI=1S/C12H14ClNO/c1-5-15-12-6-8(2)11(13)7-10(12)9(3)14-4/h6-7,9H,5H2,1-3H3. The van der Waals surface area contributed by atoms with Crippen LogP contribution in [0.4, 0.5) is 0 Å². The number of ether oxygens (including phenoxy) is 1. The Bertz CT molecular complexity index is 395. The van der Waals surface area contributed by atoms with Crippen molar-refractivity contribution in [2.24, 2.45) is 0 Å². The molecule has 1 atom stereocenters. The number of halogens is 1. The van der Waals surface area contributed by atoms with Crippen molar-refractivity contribution in [2.45, 2.75) is 26.8 Å². The molecule has 3 heteroatoms. The van der Waals surface area contributed by atoms with Crippen LogP contribution in [0.3, 0.4) is 0 Å². The fourth-order valence-electron chi connectivity index (χ4n) is 1.35. The number of hydrogen-bond donors (Lipinski definition) is 0. The average molecular weight is 224 g/mol. The molecule has 80 valence electrons. The van der Waals surface area contributed by atoms with Gasteiger partial charge >= 0.3 is 0 Å². The summed E-state index contributed by atoms with van der Waals surface area (Å²) in [6.07, 6.45) is 0. The molecule has 0 aliphatic rings. The minimum Gasteiger partial charge on any atom is -0.493 e. The molecule has 0 N–H and O–H groups in total. The Labute approximate surface area is 95.6 Å². The van der Waals surface area contributed by atoms with Crippen LogP contribution in [0.25, 0.3) is 4.85 Å². The molecule has 0 amide bonds. The molecule has 2 nitrogen and oxygen atoms in total. The minimum atomic E-state index is -0.218. The highest BCUT2D eigenvalue weighted by Crippen LogP contribution is 2.32. The van der Waals surface area contributed by atoms with E-state index < -0.39 is 0 Å². The van der Waals surface area contributed by atoms with Crippen LogP contribution in [-0.2, 0) is 0 Å². The summed E-state index contributed by atoms with van der Waals surface area (Å²) in [5.41, 5.74) is 1.84. The highest BCUT2D eigenvalue weighted by molar-refractivity contribution is 6.31. The highest BCUT2D eigenvalue weighted by Gasteiger charge is 2.16. The lowest BCUT2D eigenvalue weighted by atomic mass is 10.1. The van der Waals surface area contributed by atoms with Crippen LogP contribution >= 0.6 is 11.6 Å². The molecular formula is C12H14ClNO. The maximum absolute atomic E-state index is 7.03. The second kappa shape index (κ2) is 5.04.